The molecule has 1 atom stereocenters. The number of hydrogen-bond acceptors (Lipinski definition) is 5. The van der Waals surface area contributed by atoms with Crippen LogP contribution in [0.4, 0.5) is 0 Å². The predicted molar refractivity (Wildman–Crippen MR) is 154 cm³/mol. The fourth-order valence-electron chi connectivity index (χ4n) is 4.71. The molecule has 196 valence electrons. The Morgan fingerprint density at radius 1 is 1.00 bits per heavy atom. The number of carbonyl (C=O) groups excluding carboxylic acids is 2. The third-order valence-electron chi connectivity index (χ3n) is 6.43. The molecule has 0 aromatic heterocycles. The number of amides is 1. The van der Waals surface area contributed by atoms with Crippen molar-refractivity contribution in [2.24, 2.45) is 0 Å². The topological polar surface area (TPSA) is 73.9 Å². The van der Waals surface area contributed by atoms with E-state index in [0.29, 0.717) is 11.5 Å². The number of rotatable bonds is 7. The second-order valence-electron chi connectivity index (χ2n) is 8.82. The first-order valence-electron chi connectivity index (χ1n) is 12.5. The molecular weight excluding hydrogens is 558 g/mol. The molecule has 1 heterocycles. The predicted octanol–water partition coefficient (Wildman–Crippen LogP) is 6.74. The Morgan fingerprint density at radius 2 is 1.77 bits per heavy atom. The summed E-state index contributed by atoms with van der Waals surface area (Å²) < 4.78 is 17.7. The van der Waals surface area contributed by atoms with E-state index in [0.717, 1.165) is 31.9 Å². The van der Waals surface area contributed by atoms with Crippen LogP contribution in [-0.2, 0) is 14.3 Å². The summed E-state index contributed by atoms with van der Waals surface area (Å²) in [7, 11) is 1.59. The third-order valence-corrected chi connectivity index (χ3v) is 7.05. The van der Waals surface area contributed by atoms with Gasteiger partial charge in [-0.3, -0.25) is 10.1 Å². The minimum Gasteiger partial charge on any atom is -0.496 e. The van der Waals surface area contributed by atoms with Crippen molar-refractivity contribution < 1.29 is 23.8 Å². The lowest BCUT2D eigenvalue weighted by molar-refractivity contribution is -0.139. The average Bonchev–Trinajstić information content (AvgIpc) is 2.96. The smallest absolute Gasteiger partial charge is 0.340 e. The summed E-state index contributed by atoms with van der Waals surface area (Å²) >= 11 is 3.46. The molecule has 1 aliphatic heterocycles. The van der Waals surface area contributed by atoms with Crippen molar-refractivity contribution in [2.45, 2.75) is 12.8 Å². The summed E-state index contributed by atoms with van der Waals surface area (Å²) in [6.07, 6.45) is 3.06. The van der Waals surface area contributed by atoms with Crippen molar-refractivity contribution in [1.29, 1.82) is 0 Å². The van der Waals surface area contributed by atoms with Gasteiger partial charge in [0.15, 0.2) is 0 Å². The fourth-order valence-corrected chi connectivity index (χ4v) is 5.26. The van der Waals surface area contributed by atoms with Gasteiger partial charge in [0.1, 0.15) is 17.1 Å². The molecule has 4 aromatic rings. The molecule has 0 bridgehead atoms. The molecule has 0 fully saturated rings. The van der Waals surface area contributed by atoms with Gasteiger partial charge in [0.05, 0.1) is 24.1 Å². The molecule has 0 spiro atoms. The first-order chi connectivity index (χ1) is 19.0. The van der Waals surface area contributed by atoms with E-state index >= 15 is 0 Å². The van der Waals surface area contributed by atoms with Crippen molar-refractivity contribution in [3.05, 3.63) is 124 Å². The third kappa shape index (κ3) is 5.45. The van der Waals surface area contributed by atoms with Crippen molar-refractivity contribution in [1.82, 2.24) is 5.32 Å². The molecule has 1 amide bonds. The van der Waals surface area contributed by atoms with Gasteiger partial charge in [0.25, 0.3) is 5.91 Å². The molecule has 0 aliphatic carbocycles. The Morgan fingerprint density at radius 3 is 2.51 bits per heavy atom. The monoisotopic (exact) mass is 583 g/mol. The second kappa shape index (κ2) is 11.6. The summed E-state index contributed by atoms with van der Waals surface area (Å²) in [5.41, 5.74) is 2.76. The minimum absolute atomic E-state index is 0.0515. The number of carbonyl (C=O) groups is 2. The Labute approximate surface area is 235 Å². The van der Waals surface area contributed by atoms with Crippen LogP contribution in [-0.4, -0.2) is 25.6 Å². The van der Waals surface area contributed by atoms with Crippen LogP contribution in [0.1, 0.15) is 29.5 Å². The lowest BCUT2D eigenvalue weighted by Gasteiger charge is -2.31. The van der Waals surface area contributed by atoms with Gasteiger partial charge < -0.3 is 14.2 Å². The number of methoxy groups -OCH3 is 1. The Bertz CT molecular complexity index is 1610. The van der Waals surface area contributed by atoms with Crippen molar-refractivity contribution in [3.63, 3.8) is 0 Å². The lowest BCUT2D eigenvalue weighted by Crippen LogP contribution is -2.33. The van der Waals surface area contributed by atoms with Gasteiger partial charge in [-0.15, -0.1) is 0 Å². The first kappa shape index (κ1) is 26.3. The Hall–Kier alpha value is -4.36. The number of ether oxygens (including phenoxy) is 3. The zero-order valence-electron chi connectivity index (χ0n) is 21.4. The van der Waals surface area contributed by atoms with Gasteiger partial charge in [-0.1, -0.05) is 66.7 Å². The highest BCUT2D eigenvalue weighted by molar-refractivity contribution is 9.10. The van der Waals surface area contributed by atoms with Crippen molar-refractivity contribution >= 4 is 44.7 Å². The number of hydrogen-bond donors (Lipinski definition) is 1. The quantitative estimate of drug-likeness (QED) is 0.193. The highest BCUT2D eigenvalue weighted by atomic mass is 79.9. The van der Waals surface area contributed by atoms with Crippen molar-refractivity contribution in [2.75, 3.05) is 13.7 Å². The molecule has 6 nitrogen and oxygen atoms in total. The SMILES string of the molecule is CCOC(=O)C1=C(NC(=O)/C=C/c2ccc(OC)c(Br)c2)Oc2ccc3ccccc3c2C1c1ccccc1. The van der Waals surface area contributed by atoms with E-state index < -0.39 is 17.8 Å². The van der Waals surface area contributed by atoms with E-state index in [2.05, 4.69) is 21.2 Å². The highest BCUT2D eigenvalue weighted by Crippen LogP contribution is 2.46. The number of halogens is 1. The first-order valence-corrected chi connectivity index (χ1v) is 13.3. The number of esters is 1. The molecule has 4 aromatic carbocycles. The zero-order chi connectivity index (χ0) is 27.4. The summed E-state index contributed by atoms with van der Waals surface area (Å²) in [6, 6.07) is 27.0. The Balaban J connectivity index is 1.59. The second-order valence-corrected chi connectivity index (χ2v) is 9.68. The molecule has 0 radical (unpaired) electrons. The summed E-state index contributed by atoms with van der Waals surface area (Å²) in [6.45, 7) is 1.93. The van der Waals surface area contributed by atoms with Crippen molar-refractivity contribution in [3.8, 4) is 11.5 Å². The van der Waals surface area contributed by atoms with Gasteiger partial charge >= 0.3 is 5.97 Å². The van der Waals surface area contributed by atoms with Crippen LogP contribution in [0.3, 0.4) is 0 Å². The van der Waals surface area contributed by atoms with Crippen LogP contribution < -0.4 is 14.8 Å². The fraction of sp³-hybridized carbons (Fsp3) is 0.125. The minimum atomic E-state index is -0.552. The van der Waals surface area contributed by atoms with Crippen LogP contribution in [0.15, 0.2) is 107 Å². The van der Waals surface area contributed by atoms with E-state index in [-0.39, 0.29) is 18.1 Å². The standard InChI is InChI=1S/C32H26BrNO5/c1-3-38-32(36)30-28(22-10-5-4-6-11-22)29-23-12-8-7-9-21(23)15-17-26(29)39-31(30)34-27(35)18-14-20-13-16-25(37-2)24(33)19-20/h4-19,28H,3H2,1-2H3,(H,34,35)/b18-14+. The normalized spacial score (nSPS) is 14.6. The maximum Gasteiger partial charge on any atom is 0.340 e. The molecular formula is C32H26BrNO5. The van der Waals surface area contributed by atoms with Gasteiger partial charge in [0.2, 0.25) is 5.88 Å². The molecule has 1 unspecified atom stereocenters. The van der Waals surface area contributed by atoms with Gasteiger partial charge in [-0.2, -0.15) is 0 Å². The molecule has 0 saturated heterocycles. The zero-order valence-corrected chi connectivity index (χ0v) is 23.0. The van der Waals surface area contributed by atoms with Gasteiger partial charge in [-0.05, 0) is 69.0 Å². The van der Waals surface area contributed by atoms with Gasteiger partial charge in [0, 0.05) is 11.6 Å². The molecule has 39 heavy (non-hydrogen) atoms. The number of fused-ring (bicyclic) bond motifs is 3. The number of benzene rings is 4. The van der Waals surface area contributed by atoms with E-state index in [9.17, 15) is 9.59 Å². The van der Waals surface area contributed by atoms with Crippen LogP contribution in [0.2, 0.25) is 0 Å². The maximum absolute atomic E-state index is 13.5. The largest absolute Gasteiger partial charge is 0.496 e. The summed E-state index contributed by atoms with van der Waals surface area (Å²) in [4.78, 5) is 26.5. The van der Waals surface area contributed by atoms with E-state index in [1.54, 1.807) is 26.2 Å². The van der Waals surface area contributed by atoms with Crippen LogP contribution >= 0.6 is 15.9 Å². The van der Waals surface area contributed by atoms with E-state index in [1.165, 1.54) is 6.08 Å². The average molecular weight is 584 g/mol. The highest BCUT2D eigenvalue weighted by Gasteiger charge is 2.38. The molecule has 1 aliphatic rings. The van der Waals surface area contributed by atoms with Crippen LogP contribution in [0.5, 0.6) is 11.5 Å². The van der Waals surface area contributed by atoms with Crippen LogP contribution in [0, 0.1) is 0 Å². The molecule has 7 heteroatoms. The number of nitrogens with one attached hydrogen (secondary N) is 1. The summed E-state index contributed by atoms with van der Waals surface area (Å²) in [5, 5.41) is 4.78. The maximum atomic E-state index is 13.5. The lowest BCUT2D eigenvalue weighted by atomic mass is 9.80. The Kier molecular flexibility index (Phi) is 7.79. The van der Waals surface area contributed by atoms with Crippen LogP contribution in [0.25, 0.3) is 16.8 Å². The molecule has 0 saturated carbocycles. The molecule has 5 rings (SSSR count). The van der Waals surface area contributed by atoms with E-state index in [1.807, 2.05) is 78.9 Å². The van der Waals surface area contributed by atoms with Gasteiger partial charge in [-0.25, -0.2) is 4.79 Å². The molecule has 1 N–H and O–H groups in total. The summed E-state index contributed by atoms with van der Waals surface area (Å²) in [5.74, 6) is -0.214. The van der Waals surface area contributed by atoms with E-state index in [4.69, 9.17) is 14.2 Å².